The molecule has 0 radical (unpaired) electrons. The van der Waals surface area contributed by atoms with E-state index < -0.39 is 11.2 Å². The minimum atomic E-state index is -0.501. The predicted octanol–water partition coefficient (Wildman–Crippen LogP) is 2.41. The maximum Gasteiger partial charge on any atom is 0.330 e. The van der Waals surface area contributed by atoms with Gasteiger partial charge in [0.2, 0.25) is 0 Å². The molecular formula is C13H10Cl2N4O2. The molecule has 2 heterocycles. The van der Waals surface area contributed by atoms with E-state index in [-0.39, 0.29) is 5.52 Å². The second kappa shape index (κ2) is 5.05. The van der Waals surface area contributed by atoms with E-state index in [0.29, 0.717) is 33.6 Å². The number of nitrogens with one attached hydrogen (secondary N) is 2. The van der Waals surface area contributed by atoms with Crippen LogP contribution in [-0.2, 0) is 6.54 Å². The monoisotopic (exact) mass is 324 g/mol. The van der Waals surface area contributed by atoms with Crippen molar-refractivity contribution in [3.8, 4) is 11.4 Å². The molecule has 8 heteroatoms. The Morgan fingerprint density at radius 2 is 1.95 bits per heavy atom. The lowest BCUT2D eigenvalue weighted by atomic mass is 10.2. The smallest absolute Gasteiger partial charge is 0.330 e. The van der Waals surface area contributed by atoms with Crippen molar-refractivity contribution in [2.45, 2.75) is 13.5 Å². The van der Waals surface area contributed by atoms with E-state index in [4.69, 9.17) is 23.2 Å². The van der Waals surface area contributed by atoms with Crippen LogP contribution >= 0.6 is 23.2 Å². The molecule has 0 atom stereocenters. The van der Waals surface area contributed by atoms with Crippen LogP contribution in [0.15, 0.2) is 27.8 Å². The van der Waals surface area contributed by atoms with E-state index in [1.807, 2.05) is 0 Å². The number of fused-ring (bicyclic) bond motifs is 1. The van der Waals surface area contributed by atoms with E-state index in [2.05, 4.69) is 15.0 Å². The molecule has 0 unspecified atom stereocenters. The van der Waals surface area contributed by atoms with Crippen molar-refractivity contribution in [1.82, 2.24) is 19.5 Å². The molecular weight excluding hydrogens is 315 g/mol. The number of aromatic amines is 2. The van der Waals surface area contributed by atoms with Gasteiger partial charge >= 0.3 is 5.69 Å². The SMILES string of the molecule is CCn1c(=O)[nH]c(=O)c2[nH]c(-c3ccc(Cl)c(Cl)c3)nc21. The summed E-state index contributed by atoms with van der Waals surface area (Å²) in [5.74, 6) is 0.446. The summed E-state index contributed by atoms with van der Waals surface area (Å²) in [6, 6.07) is 5.02. The Bertz CT molecular complexity index is 955. The first kappa shape index (κ1) is 13.9. The molecule has 3 rings (SSSR count). The molecule has 1 aromatic carbocycles. The summed E-state index contributed by atoms with van der Waals surface area (Å²) < 4.78 is 1.38. The minimum Gasteiger partial charge on any atom is -0.332 e. The lowest BCUT2D eigenvalue weighted by Crippen LogP contribution is -2.29. The van der Waals surface area contributed by atoms with Gasteiger partial charge in [-0.1, -0.05) is 23.2 Å². The highest BCUT2D eigenvalue weighted by Gasteiger charge is 2.13. The van der Waals surface area contributed by atoms with Crippen LogP contribution in [0.4, 0.5) is 0 Å². The first-order valence-electron chi connectivity index (χ1n) is 6.19. The van der Waals surface area contributed by atoms with E-state index >= 15 is 0 Å². The number of imidazole rings is 1. The van der Waals surface area contributed by atoms with Gasteiger partial charge in [0.05, 0.1) is 10.0 Å². The summed E-state index contributed by atoms with van der Waals surface area (Å²) in [5.41, 5.74) is 0.251. The lowest BCUT2D eigenvalue weighted by Gasteiger charge is -2.00. The molecule has 0 aliphatic heterocycles. The molecule has 108 valence electrons. The fourth-order valence-corrected chi connectivity index (χ4v) is 2.41. The number of aromatic nitrogens is 4. The van der Waals surface area contributed by atoms with Crippen LogP contribution in [0.5, 0.6) is 0 Å². The fourth-order valence-electron chi connectivity index (χ4n) is 2.11. The highest BCUT2D eigenvalue weighted by molar-refractivity contribution is 6.42. The predicted molar refractivity (Wildman–Crippen MR) is 82.1 cm³/mol. The van der Waals surface area contributed by atoms with Crippen molar-refractivity contribution < 1.29 is 0 Å². The average Bonchev–Trinajstić information content (AvgIpc) is 2.87. The van der Waals surface area contributed by atoms with Crippen molar-refractivity contribution in [2.75, 3.05) is 0 Å². The van der Waals surface area contributed by atoms with E-state index in [0.717, 1.165) is 0 Å². The highest BCUT2D eigenvalue weighted by Crippen LogP contribution is 2.27. The molecule has 6 nitrogen and oxygen atoms in total. The van der Waals surface area contributed by atoms with Gasteiger partial charge in [0.15, 0.2) is 5.65 Å². The average molecular weight is 325 g/mol. The van der Waals surface area contributed by atoms with Crippen molar-refractivity contribution in [3.63, 3.8) is 0 Å². The molecule has 0 aliphatic carbocycles. The second-order valence-corrected chi connectivity index (χ2v) is 5.23. The van der Waals surface area contributed by atoms with Crippen molar-refractivity contribution in [1.29, 1.82) is 0 Å². The quantitative estimate of drug-likeness (QED) is 0.759. The molecule has 0 fully saturated rings. The van der Waals surface area contributed by atoms with E-state index in [1.165, 1.54) is 4.57 Å². The van der Waals surface area contributed by atoms with E-state index in [1.54, 1.807) is 25.1 Å². The number of benzene rings is 1. The highest BCUT2D eigenvalue weighted by atomic mass is 35.5. The van der Waals surface area contributed by atoms with Crippen LogP contribution in [0.2, 0.25) is 10.0 Å². The number of aryl methyl sites for hydroxylation is 1. The van der Waals surface area contributed by atoms with Crippen LogP contribution in [0.25, 0.3) is 22.6 Å². The number of H-pyrrole nitrogens is 2. The third-order valence-electron chi connectivity index (χ3n) is 3.14. The molecule has 0 saturated heterocycles. The summed E-state index contributed by atoms with van der Waals surface area (Å²) >= 11 is 11.9. The summed E-state index contributed by atoms with van der Waals surface area (Å²) in [6.45, 7) is 2.20. The van der Waals surface area contributed by atoms with Gasteiger partial charge in [-0.25, -0.2) is 9.78 Å². The van der Waals surface area contributed by atoms with Crippen LogP contribution in [-0.4, -0.2) is 19.5 Å². The van der Waals surface area contributed by atoms with Crippen LogP contribution in [0, 0.1) is 0 Å². The molecule has 0 amide bonds. The largest absolute Gasteiger partial charge is 0.332 e. The number of rotatable bonds is 2. The second-order valence-electron chi connectivity index (χ2n) is 4.42. The minimum absolute atomic E-state index is 0.248. The molecule has 3 aromatic rings. The van der Waals surface area contributed by atoms with Crippen molar-refractivity contribution >= 4 is 34.4 Å². The maximum atomic E-state index is 11.8. The number of halogens is 2. The molecule has 0 spiro atoms. The normalized spacial score (nSPS) is 11.2. The Morgan fingerprint density at radius 1 is 1.19 bits per heavy atom. The van der Waals surface area contributed by atoms with Crippen LogP contribution in [0.3, 0.4) is 0 Å². The summed E-state index contributed by atoms with van der Waals surface area (Å²) in [5, 5.41) is 0.816. The summed E-state index contributed by atoms with van der Waals surface area (Å²) in [4.78, 5) is 33.1. The summed E-state index contributed by atoms with van der Waals surface area (Å²) in [7, 11) is 0. The fraction of sp³-hybridized carbons (Fsp3) is 0.154. The lowest BCUT2D eigenvalue weighted by molar-refractivity contribution is 0.720. The van der Waals surface area contributed by atoms with Crippen molar-refractivity contribution in [3.05, 3.63) is 49.1 Å². The summed E-state index contributed by atoms with van der Waals surface area (Å²) in [6.07, 6.45) is 0. The molecule has 2 aromatic heterocycles. The van der Waals surface area contributed by atoms with E-state index in [9.17, 15) is 9.59 Å². The Labute approximate surface area is 128 Å². The van der Waals surface area contributed by atoms with Gasteiger partial charge in [-0.2, -0.15) is 0 Å². The molecule has 0 saturated carbocycles. The zero-order valence-corrected chi connectivity index (χ0v) is 12.4. The van der Waals surface area contributed by atoms with Gasteiger partial charge in [-0.15, -0.1) is 0 Å². The third-order valence-corrected chi connectivity index (χ3v) is 3.88. The zero-order valence-electron chi connectivity index (χ0n) is 10.9. The first-order valence-corrected chi connectivity index (χ1v) is 6.95. The standard InChI is InChI=1S/C13H10Cl2N4O2/c1-2-19-11-9(12(20)18-13(19)21)16-10(17-11)6-3-4-7(14)8(15)5-6/h3-5H,2H2,1H3,(H,16,17)(H,18,20,21). The Morgan fingerprint density at radius 3 is 2.62 bits per heavy atom. The van der Waals surface area contributed by atoms with Gasteiger partial charge in [-0.05, 0) is 25.1 Å². The Kier molecular flexibility index (Phi) is 3.35. The zero-order chi connectivity index (χ0) is 15.1. The topological polar surface area (TPSA) is 83.5 Å². The molecule has 0 bridgehead atoms. The molecule has 2 N–H and O–H groups in total. The Balaban J connectivity index is 2.30. The van der Waals surface area contributed by atoms with Crippen molar-refractivity contribution in [2.24, 2.45) is 0 Å². The third kappa shape index (κ3) is 2.26. The van der Waals surface area contributed by atoms with Gasteiger partial charge in [-0.3, -0.25) is 14.3 Å². The number of hydrogen-bond acceptors (Lipinski definition) is 3. The number of nitrogens with zero attached hydrogens (tertiary/aromatic N) is 2. The van der Waals surface area contributed by atoms with Gasteiger partial charge in [0.1, 0.15) is 11.3 Å². The maximum absolute atomic E-state index is 11.8. The van der Waals surface area contributed by atoms with Crippen LogP contribution in [0.1, 0.15) is 6.92 Å². The molecule has 21 heavy (non-hydrogen) atoms. The first-order chi connectivity index (χ1) is 10.0. The van der Waals surface area contributed by atoms with Gasteiger partial charge < -0.3 is 4.98 Å². The van der Waals surface area contributed by atoms with Gasteiger partial charge in [0, 0.05) is 12.1 Å². The van der Waals surface area contributed by atoms with Gasteiger partial charge in [0.25, 0.3) is 5.56 Å². The number of hydrogen-bond donors (Lipinski definition) is 2. The molecule has 0 aliphatic rings. The Hall–Kier alpha value is -2.05. The van der Waals surface area contributed by atoms with Crippen LogP contribution < -0.4 is 11.2 Å².